The summed E-state index contributed by atoms with van der Waals surface area (Å²) in [6, 6.07) is 4.78. The van der Waals surface area contributed by atoms with E-state index in [0.717, 1.165) is 15.4 Å². The van der Waals surface area contributed by atoms with Gasteiger partial charge in [0, 0.05) is 13.1 Å². The van der Waals surface area contributed by atoms with Crippen LogP contribution in [0.25, 0.3) is 0 Å². The van der Waals surface area contributed by atoms with Crippen molar-refractivity contribution in [3.05, 3.63) is 29.3 Å². The van der Waals surface area contributed by atoms with Gasteiger partial charge in [-0.3, -0.25) is 4.79 Å². The fraction of sp³-hybridized carbons (Fsp3) is 0.500. The number of hydrogen-bond acceptors (Lipinski definition) is 4. The second kappa shape index (κ2) is 7.02. The second-order valence-corrected chi connectivity index (χ2v) is 7.39. The summed E-state index contributed by atoms with van der Waals surface area (Å²) in [5.41, 5.74) is 12.4. The summed E-state index contributed by atoms with van der Waals surface area (Å²) < 4.78 is 26.4. The second-order valence-electron chi connectivity index (χ2n) is 5.45. The van der Waals surface area contributed by atoms with Crippen LogP contribution in [0.4, 0.5) is 0 Å². The molecule has 0 unspecified atom stereocenters. The minimum absolute atomic E-state index is 0.0866. The van der Waals surface area contributed by atoms with Crippen molar-refractivity contribution in [2.75, 3.05) is 13.1 Å². The van der Waals surface area contributed by atoms with Crippen LogP contribution in [0.15, 0.2) is 23.1 Å². The highest BCUT2D eigenvalue weighted by Crippen LogP contribution is 2.20. The number of sulfonamides is 1. The number of rotatable bonds is 7. The van der Waals surface area contributed by atoms with E-state index in [9.17, 15) is 13.2 Å². The lowest BCUT2D eigenvalue weighted by molar-refractivity contribution is -0.118. The van der Waals surface area contributed by atoms with Gasteiger partial charge in [-0.1, -0.05) is 19.9 Å². The first kappa shape index (κ1) is 17.6. The fourth-order valence-electron chi connectivity index (χ4n) is 2.04. The first-order valence-electron chi connectivity index (χ1n) is 6.76. The molecule has 0 spiro atoms. The Morgan fingerprint density at radius 2 is 1.95 bits per heavy atom. The van der Waals surface area contributed by atoms with Gasteiger partial charge in [0.2, 0.25) is 15.9 Å². The smallest absolute Gasteiger partial charge is 0.243 e. The summed E-state index contributed by atoms with van der Waals surface area (Å²) in [6.07, 6.45) is 0. The molecule has 0 radical (unpaired) electrons. The molecule has 0 atom stereocenters. The molecular formula is C14H23N3O3S. The van der Waals surface area contributed by atoms with Crippen LogP contribution in [-0.4, -0.2) is 31.7 Å². The van der Waals surface area contributed by atoms with Crippen molar-refractivity contribution in [3.8, 4) is 0 Å². The molecule has 0 saturated carbocycles. The van der Waals surface area contributed by atoms with Gasteiger partial charge in [-0.25, -0.2) is 8.42 Å². The maximum Gasteiger partial charge on any atom is 0.243 e. The summed E-state index contributed by atoms with van der Waals surface area (Å²) in [6.45, 7) is 5.84. The van der Waals surface area contributed by atoms with Gasteiger partial charge in [-0.15, -0.1) is 0 Å². The molecule has 4 N–H and O–H groups in total. The van der Waals surface area contributed by atoms with Gasteiger partial charge >= 0.3 is 0 Å². The lowest BCUT2D eigenvalue weighted by Crippen LogP contribution is -2.40. The average Bonchev–Trinajstić information content (AvgIpc) is 2.36. The molecule has 0 aliphatic rings. The van der Waals surface area contributed by atoms with Crippen molar-refractivity contribution < 1.29 is 13.2 Å². The number of carbonyl (C=O) groups is 1. The molecule has 0 fully saturated rings. The van der Waals surface area contributed by atoms with Crippen molar-refractivity contribution in [1.82, 2.24) is 4.31 Å². The van der Waals surface area contributed by atoms with E-state index in [4.69, 9.17) is 11.5 Å². The topological polar surface area (TPSA) is 106 Å². The van der Waals surface area contributed by atoms with Crippen molar-refractivity contribution in [3.63, 3.8) is 0 Å². The summed E-state index contributed by atoms with van der Waals surface area (Å²) in [7, 11) is -3.75. The zero-order valence-corrected chi connectivity index (χ0v) is 13.5. The van der Waals surface area contributed by atoms with Crippen molar-refractivity contribution in [2.24, 2.45) is 17.4 Å². The quantitative estimate of drug-likeness (QED) is 0.768. The number of nitrogens with two attached hydrogens (primary N) is 2. The average molecular weight is 313 g/mol. The highest BCUT2D eigenvalue weighted by Gasteiger charge is 2.26. The van der Waals surface area contributed by atoms with Crippen LogP contribution < -0.4 is 11.5 Å². The molecule has 0 bridgehead atoms. The Bertz CT molecular complexity index is 612. The molecule has 1 amide bonds. The summed E-state index contributed by atoms with van der Waals surface area (Å²) >= 11 is 0. The minimum atomic E-state index is -3.75. The zero-order valence-electron chi connectivity index (χ0n) is 12.7. The normalized spacial score (nSPS) is 12.1. The monoisotopic (exact) mass is 313 g/mol. The highest BCUT2D eigenvalue weighted by atomic mass is 32.2. The van der Waals surface area contributed by atoms with Crippen LogP contribution >= 0.6 is 0 Å². The van der Waals surface area contributed by atoms with Crippen LogP contribution in [-0.2, 0) is 21.4 Å². The molecule has 1 rings (SSSR count). The van der Waals surface area contributed by atoms with Gasteiger partial charge in [0.15, 0.2) is 0 Å². The predicted molar refractivity (Wildman–Crippen MR) is 81.9 cm³/mol. The largest absolute Gasteiger partial charge is 0.369 e. The van der Waals surface area contributed by atoms with E-state index < -0.39 is 15.9 Å². The molecule has 0 aliphatic heterocycles. The third-order valence-corrected chi connectivity index (χ3v) is 4.88. The van der Waals surface area contributed by atoms with Crippen LogP contribution in [0.5, 0.6) is 0 Å². The van der Waals surface area contributed by atoms with Crippen LogP contribution in [0, 0.1) is 12.8 Å². The fourth-order valence-corrected chi connectivity index (χ4v) is 3.69. The van der Waals surface area contributed by atoms with Gasteiger partial charge in [-0.05, 0) is 36.1 Å². The predicted octanol–water partition coefficient (Wildman–Crippen LogP) is 0.586. The van der Waals surface area contributed by atoms with E-state index >= 15 is 0 Å². The number of aryl methyl sites for hydroxylation is 1. The Morgan fingerprint density at radius 1 is 1.33 bits per heavy atom. The Hall–Kier alpha value is -1.44. The lowest BCUT2D eigenvalue weighted by Gasteiger charge is -2.23. The molecule has 0 heterocycles. The van der Waals surface area contributed by atoms with E-state index in [1.807, 2.05) is 20.8 Å². The summed E-state index contributed by atoms with van der Waals surface area (Å²) in [5.74, 6) is -0.585. The molecule has 1 aromatic carbocycles. The van der Waals surface area contributed by atoms with Crippen LogP contribution in [0.2, 0.25) is 0 Å². The van der Waals surface area contributed by atoms with E-state index in [1.165, 1.54) is 6.07 Å². The van der Waals surface area contributed by atoms with Crippen molar-refractivity contribution >= 4 is 15.9 Å². The van der Waals surface area contributed by atoms with E-state index in [-0.39, 0.29) is 23.9 Å². The molecule has 6 nitrogen and oxygen atoms in total. The molecule has 0 aliphatic carbocycles. The lowest BCUT2D eigenvalue weighted by atomic mass is 10.1. The molecular weight excluding hydrogens is 290 g/mol. The Morgan fingerprint density at radius 3 is 2.38 bits per heavy atom. The number of hydrogen-bond donors (Lipinski definition) is 2. The van der Waals surface area contributed by atoms with Gasteiger partial charge in [0.1, 0.15) is 0 Å². The Kier molecular flexibility index (Phi) is 5.88. The maximum atomic E-state index is 12.6. The van der Waals surface area contributed by atoms with Crippen molar-refractivity contribution in [2.45, 2.75) is 32.2 Å². The van der Waals surface area contributed by atoms with Gasteiger partial charge in [0.25, 0.3) is 0 Å². The summed E-state index contributed by atoms with van der Waals surface area (Å²) in [5, 5.41) is 0. The Labute approximate surface area is 126 Å². The van der Waals surface area contributed by atoms with Gasteiger partial charge < -0.3 is 11.5 Å². The number of carbonyl (C=O) groups excluding carboxylic acids is 1. The minimum Gasteiger partial charge on any atom is -0.369 e. The molecule has 118 valence electrons. The summed E-state index contributed by atoms with van der Waals surface area (Å²) in [4.78, 5) is 11.3. The van der Waals surface area contributed by atoms with Crippen molar-refractivity contribution in [1.29, 1.82) is 0 Å². The van der Waals surface area contributed by atoms with Crippen LogP contribution in [0.3, 0.4) is 0 Å². The third-order valence-electron chi connectivity index (χ3n) is 3.07. The first-order valence-corrected chi connectivity index (χ1v) is 8.20. The molecule has 21 heavy (non-hydrogen) atoms. The molecule has 7 heteroatoms. The number of nitrogens with zero attached hydrogens (tertiary/aromatic N) is 1. The number of primary amides is 1. The molecule has 0 saturated heterocycles. The molecule has 1 aromatic rings. The van der Waals surface area contributed by atoms with Gasteiger partial charge in [0.05, 0.1) is 11.4 Å². The third kappa shape index (κ3) is 4.52. The van der Waals surface area contributed by atoms with Crippen LogP contribution in [0.1, 0.15) is 25.0 Å². The number of benzene rings is 1. The van der Waals surface area contributed by atoms with E-state index in [1.54, 1.807) is 12.1 Å². The Balaban J connectivity index is 3.21. The maximum absolute atomic E-state index is 12.6. The standard InChI is InChI=1S/C14H23N3O3S/c1-10(2)8-17(9-14(16)18)21(19,20)13-5-4-12(7-15)11(3)6-13/h4-6,10H,7-9,15H2,1-3H3,(H2,16,18). The first-order chi connectivity index (χ1) is 9.68. The SMILES string of the molecule is Cc1cc(S(=O)(=O)N(CC(N)=O)CC(C)C)ccc1CN. The van der Waals surface area contributed by atoms with E-state index in [2.05, 4.69) is 0 Å². The van der Waals surface area contributed by atoms with E-state index in [0.29, 0.717) is 6.54 Å². The highest BCUT2D eigenvalue weighted by molar-refractivity contribution is 7.89. The number of amides is 1. The molecule has 0 aromatic heterocycles. The van der Waals surface area contributed by atoms with Gasteiger partial charge in [-0.2, -0.15) is 4.31 Å². The zero-order chi connectivity index (χ0) is 16.2.